The number of carbonyl (C=O) groups is 3. The first-order chi connectivity index (χ1) is 18.6. The number of aryl methyl sites for hydroxylation is 1. The van der Waals surface area contributed by atoms with Gasteiger partial charge in [0.25, 0.3) is 0 Å². The number of esters is 1. The van der Waals surface area contributed by atoms with Gasteiger partial charge in [0.2, 0.25) is 0 Å². The van der Waals surface area contributed by atoms with Crippen LogP contribution >= 0.6 is 0 Å². The van der Waals surface area contributed by atoms with Crippen LogP contribution < -0.4 is 5.32 Å². The summed E-state index contributed by atoms with van der Waals surface area (Å²) in [6, 6.07) is 12.9. The summed E-state index contributed by atoms with van der Waals surface area (Å²) in [6.07, 6.45) is 4.95. The highest BCUT2D eigenvalue weighted by molar-refractivity contribution is 6.10. The normalized spacial score (nSPS) is 11.3. The fourth-order valence-corrected chi connectivity index (χ4v) is 4.04. The molecule has 0 bridgehead atoms. The number of ether oxygens (including phenoxy) is 2. The van der Waals surface area contributed by atoms with E-state index < -0.39 is 17.7 Å². The molecule has 9 heteroatoms. The van der Waals surface area contributed by atoms with Crippen LogP contribution in [0.5, 0.6) is 0 Å². The van der Waals surface area contributed by atoms with Crippen LogP contribution in [0, 0.1) is 6.92 Å². The molecule has 2 heterocycles. The highest BCUT2D eigenvalue weighted by Crippen LogP contribution is 2.35. The molecule has 0 saturated heterocycles. The van der Waals surface area contributed by atoms with Crippen LogP contribution in [-0.2, 0) is 27.4 Å². The number of carbonyl (C=O) groups excluding carboxylic acids is 3. The Morgan fingerprint density at radius 3 is 2.38 bits per heavy atom. The van der Waals surface area contributed by atoms with Gasteiger partial charge in [0.05, 0.1) is 11.2 Å². The number of rotatable bonds is 9. The van der Waals surface area contributed by atoms with Crippen LogP contribution in [0.15, 0.2) is 61.1 Å². The minimum atomic E-state index is -0.651. The van der Waals surface area contributed by atoms with Gasteiger partial charge in [0, 0.05) is 40.7 Å². The van der Waals surface area contributed by atoms with Gasteiger partial charge < -0.3 is 14.0 Å². The van der Waals surface area contributed by atoms with E-state index in [0.29, 0.717) is 45.5 Å². The Balaban J connectivity index is 1.75. The van der Waals surface area contributed by atoms with Crippen molar-refractivity contribution in [3.05, 3.63) is 78.0 Å². The summed E-state index contributed by atoms with van der Waals surface area (Å²) in [5, 5.41) is 3.45. The Bertz CT molecular complexity index is 1510. The summed E-state index contributed by atoms with van der Waals surface area (Å²) in [6.45, 7) is 8.88. The maximum absolute atomic E-state index is 12.8. The number of hydrogen-bond acceptors (Lipinski definition) is 7. The number of aromatic nitrogens is 3. The van der Waals surface area contributed by atoms with E-state index in [1.54, 1.807) is 42.2 Å². The molecule has 9 nitrogen and oxygen atoms in total. The second-order valence-corrected chi connectivity index (χ2v) is 9.93. The van der Waals surface area contributed by atoms with Gasteiger partial charge in [0.15, 0.2) is 5.78 Å². The van der Waals surface area contributed by atoms with Crippen LogP contribution in [0.3, 0.4) is 0 Å². The van der Waals surface area contributed by atoms with Crippen molar-refractivity contribution in [2.45, 2.75) is 59.8 Å². The fourth-order valence-electron chi connectivity index (χ4n) is 4.04. The molecule has 1 amide bonds. The van der Waals surface area contributed by atoms with Gasteiger partial charge >= 0.3 is 12.1 Å². The standard InChI is InChI=1S/C30H32N4O5/c1-6-30(4,5)39-28(36)17-34-16-25(19(2)35)24-12-23(22-14-31-20(3)32-15-22)26(13-27(24)34)33-29(37)38-18-21-10-8-7-9-11-21/h7-16H,6,17-18H2,1-5H3,(H,33,37). The van der Waals surface area contributed by atoms with E-state index in [-0.39, 0.29) is 18.9 Å². The number of benzene rings is 2. The van der Waals surface area contributed by atoms with Crippen molar-refractivity contribution in [1.82, 2.24) is 14.5 Å². The number of anilines is 1. The predicted molar refractivity (Wildman–Crippen MR) is 148 cm³/mol. The molecule has 4 aromatic rings. The zero-order valence-corrected chi connectivity index (χ0v) is 22.8. The summed E-state index contributed by atoms with van der Waals surface area (Å²) in [5.74, 6) is 0.0115. The molecule has 0 fully saturated rings. The third-order valence-corrected chi connectivity index (χ3v) is 6.48. The molecule has 0 aliphatic rings. The van der Waals surface area contributed by atoms with Crippen molar-refractivity contribution >= 4 is 34.4 Å². The molecule has 0 atom stereocenters. The van der Waals surface area contributed by atoms with Crippen LogP contribution in [0.4, 0.5) is 10.5 Å². The highest BCUT2D eigenvalue weighted by Gasteiger charge is 2.23. The maximum atomic E-state index is 12.8. The van der Waals surface area contributed by atoms with E-state index in [1.807, 2.05) is 51.1 Å². The average Bonchev–Trinajstić information content (AvgIpc) is 3.25. The molecule has 0 unspecified atom stereocenters. The first kappa shape index (κ1) is 27.5. The number of nitrogens with zero attached hydrogens (tertiary/aromatic N) is 3. The number of hydrogen-bond donors (Lipinski definition) is 1. The third-order valence-electron chi connectivity index (χ3n) is 6.48. The molecule has 1 N–H and O–H groups in total. The molecule has 0 saturated carbocycles. The van der Waals surface area contributed by atoms with Crippen molar-refractivity contribution in [2.24, 2.45) is 0 Å². The smallest absolute Gasteiger partial charge is 0.411 e. The second kappa shape index (κ2) is 11.5. The summed E-state index contributed by atoms with van der Waals surface area (Å²) in [7, 11) is 0. The van der Waals surface area contributed by atoms with Crippen molar-refractivity contribution in [3.63, 3.8) is 0 Å². The van der Waals surface area contributed by atoms with Gasteiger partial charge in [-0.3, -0.25) is 14.9 Å². The molecule has 39 heavy (non-hydrogen) atoms. The number of nitrogens with one attached hydrogen (secondary N) is 1. The molecule has 2 aromatic heterocycles. The van der Waals surface area contributed by atoms with Gasteiger partial charge in [0.1, 0.15) is 24.6 Å². The van der Waals surface area contributed by atoms with E-state index in [4.69, 9.17) is 9.47 Å². The van der Waals surface area contributed by atoms with Crippen LogP contribution in [0.1, 0.15) is 55.9 Å². The molecule has 202 valence electrons. The maximum Gasteiger partial charge on any atom is 0.411 e. The molecule has 0 spiro atoms. The van der Waals surface area contributed by atoms with Gasteiger partial charge in [-0.2, -0.15) is 0 Å². The number of fused-ring (bicyclic) bond motifs is 1. The summed E-state index contributed by atoms with van der Waals surface area (Å²) in [5.41, 5.74) is 2.94. The van der Waals surface area contributed by atoms with Gasteiger partial charge in [-0.25, -0.2) is 14.8 Å². The van der Waals surface area contributed by atoms with E-state index in [0.717, 1.165) is 5.56 Å². The third kappa shape index (κ3) is 6.67. The Labute approximate surface area is 227 Å². The first-order valence-electron chi connectivity index (χ1n) is 12.7. The lowest BCUT2D eigenvalue weighted by atomic mass is 10.0. The molecule has 2 aromatic carbocycles. The SMILES string of the molecule is CCC(C)(C)OC(=O)Cn1cc(C(C)=O)c2cc(-c3cnc(C)nc3)c(NC(=O)OCc3ccccc3)cc21. The predicted octanol–water partition coefficient (Wildman–Crippen LogP) is 6.09. The van der Waals surface area contributed by atoms with Crippen molar-refractivity contribution < 1.29 is 23.9 Å². The van der Waals surface area contributed by atoms with Crippen molar-refractivity contribution in [3.8, 4) is 11.1 Å². The summed E-state index contributed by atoms with van der Waals surface area (Å²) in [4.78, 5) is 46.7. The van der Waals surface area contributed by atoms with Gasteiger partial charge in [-0.05, 0) is 51.8 Å². The zero-order valence-electron chi connectivity index (χ0n) is 22.8. The number of Topliss-reactive ketones (excluding diaryl/α,β-unsaturated/α-hetero) is 1. The quantitative estimate of drug-likeness (QED) is 0.207. The Morgan fingerprint density at radius 1 is 1.05 bits per heavy atom. The number of amides is 1. The molecule has 0 aliphatic heterocycles. The van der Waals surface area contributed by atoms with Crippen LogP contribution in [0.25, 0.3) is 22.0 Å². The molecule has 4 rings (SSSR count). The minimum absolute atomic E-state index is 0.0990. The fraction of sp³-hybridized carbons (Fsp3) is 0.300. The van der Waals surface area contributed by atoms with Crippen LogP contribution in [-0.4, -0.2) is 38.0 Å². The zero-order chi connectivity index (χ0) is 28.2. The largest absolute Gasteiger partial charge is 0.458 e. The lowest BCUT2D eigenvalue weighted by Gasteiger charge is -2.23. The molecular weight excluding hydrogens is 496 g/mol. The molecule has 0 radical (unpaired) electrons. The van der Waals surface area contributed by atoms with E-state index >= 15 is 0 Å². The van der Waals surface area contributed by atoms with Gasteiger partial charge in [-0.15, -0.1) is 0 Å². The lowest BCUT2D eigenvalue weighted by molar-refractivity contribution is -0.157. The summed E-state index contributed by atoms with van der Waals surface area (Å²) >= 11 is 0. The van der Waals surface area contributed by atoms with E-state index in [2.05, 4.69) is 15.3 Å². The molecule has 0 aliphatic carbocycles. The van der Waals surface area contributed by atoms with Crippen LogP contribution in [0.2, 0.25) is 0 Å². The van der Waals surface area contributed by atoms with E-state index in [9.17, 15) is 14.4 Å². The topological polar surface area (TPSA) is 112 Å². The second-order valence-electron chi connectivity index (χ2n) is 9.93. The minimum Gasteiger partial charge on any atom is -0.458 e. The monoisotopic (exact) mass is 528 g/mol. The lowest BCUT2D eigenvalue weighted by Crippen LogP contribution is -2.29. The van der Waals surface area contributed by atoms with E-state index in [1.165, 1.54) is 6.92 Å². The number of ketones is 1. The first-order valence-corrected chi connectivity index (χ1v) is 12.7. The average molecular weight is 529 g/mol. The van der Waals surface area contributed by atoms with Crippen molar-refractivity contribution in [1.29, 1.82) is 0 Å². The summed E-state index contributed by atoms with van der Waals surface area (Å²) < 4.78 is 12.7. The molecular formula is C30H32N4O5. The Morgan fingerprint density at radius 2 is 1.74 bits per heavy atom. The van der Waals surface area contributed by atoms with Crippen molar-refractivity contribution in [2.75, 3.05) is 5.32 Å². The van der Waals surface area contributed by atoms with Gasteiger partial charge in [-0.1, -0.05) is 37.3 Å². The Hall–Kier alpha value is -4.53. The Kier molecular flexibility index (Phi) is 8.09. The highest BCUT2D eigenvalue weighted by atomic mass is 16.6.